The Morgan fingerprint density at radius 3 is 2.54 bits per heavy atom. The first-order valence-corrected chi connectivity index (χ1v) is 8.88. The van der Waals surface area contributed by atoms with Gasteiger partial charge in [0.15, 0.2) is 0 Å². The van der Waals surface area contributed by atoms with Gasteiger partial charge in [0.1, 0.15) is 11.3 Å². The van der Waals surface area contributed by atoms with Crippen molar-refractivity contribution >= 4 is 11.0 Å². The predicted octanol–water partition coefficient (Wildman–Crippen LogP) is 2.87. The van der Waals surface area contributed by atoms with E-state index in [2.05, 4.69) is 10.2 Å². The second-order valence-corrected chi connectivity index (χ2v) is 6.49. The van der Waals surface area contributed by atoms with Crippen LogP contribution in [0.3, 0.4) is 0 Å². The van der Waals surface area contributed by atoms with E-state index in [9.17, 15) is 4.79 Å². The maximum atomic E-state index is 12.8. The summed E-state index contributed by atoms with van der Waals surface area (Å²) < 4.78 is 10.9. The number of nitrogens with one attached hydrogen (secondary N) is 1. The Balaban J connectivity index is 1.88. The van der Waals surface area contributed by atoms with Crippen molar-refractivity contribution in [2.24, 2.45) is 0 Å². The molecule has 0 spiro atoms. The molecule has 5 nitrogen and oxygen atoms in total. The van der Waals surface area contributed by atoms with E-state index in [1.807, 2.05) is 48.5 Å². The van der Waals surface area contributed by atoms with Crippen molar-refractivity contribution in [1.29, 1.82) is 0 Å². The van der Waals surface area contributed by atoms with Crippen molar-refractivity contribution in [3.05, 3.63) is 64.5 Å². The normalized spacial score (nSPS) is 15.3. The van der Waals surface area contributed by atoms with Crippen LogP contribution in [0.15, 0.2) is 57.7 Å². The zero-order valence-corrected chi connectivity index (χ0v) is 14.8. The van der Waals surface area contributed by atoms with Crippen LogP contribution in [0.25, 0.3) is 22.1 Å². The monoisotopic (exact) mass is 350 g/mol. The van der Waals surface area contributed by atoms with Gasteiger partial charge < -0.3 is 14.5 Å². The zero-order valence-electron chi connectivity index (χ0n) is 14.8. The summed E-state index contributed by atoms with van der Waals surface area (Å²) >= 11 is 0. The number of piperazine rings is 1. The number of ether oxygens (including phenoxy) is 1. The van der Waals surface area contributed by atoms with E-state index >= 15 is 0 Å². The molecule has 1 aliphatic rings. The van der Waals surface area contributed by atoms with E-state index in [0.29, 0.717) is 12.1 Å². The number of rotatable bonds is 4. The molecule has 2 heterocycles. The Bertz CT molecular complexity index is 957. The van der Waals surface area contributed by atoms with Crippen molar-refractivity contribution in [2.75, 3.05) is 33.3 Å². The number of hydrogen-bond acceptors (Lipinski definition) is 5. The standard InChI is InChI=1S/C21H22N2O3/c1-25-16-8-6-15(7-9-16)20-17-4-2-3-5-19(17)26-21(24)18(20)14-23-12-10-22-11-13-23/h2-9,22H,10-14H2,1H3. The van der Waals surface area contributed by atoms with Crippen molar-refractivity contribution in [3.8, 4) is 16.9 Å². The third-order valence-corrected chi connectivity index (χ3v) is 4.88. The lowest BCUT2D eigenvalue weighted by molar-refractivity contribution is 0.231. The van der Waals surface area contributed by atoms with E-state index in [4.69, 9.17) is 9.15 Å². The molecule has 0 saturated carbocycles. The van der Waals surface area contributed by atoms with Gasteiger partial charge in [0.25, 0.3) is 0 Å². The second-order valence-electron chi connectivity index (χ2n) is 6.49. The summed E-state index contributed by atoms with van der Waals surface area (Å²) in [5, 5.41) is 4.31. The van der Waals surface area contributed by atoms with Gasteiger partial charge in [0, 0.05) is 43.7 Å². The molecule has 1 aromatic heterocycles. The Kier molecular flexibility index (Phi) is 4.73. The van der Waals surface area contributed by atoms with E-state index in [1.165, 1.54) is 0 Å². The fourth-order valence-electron chi connectivity index (χ4n) is 3.51. The Morgan fingerprint density at radius 1 is 1.08 bits per heavy atom. The number of para-hydroxylation sites is 1. The lowest BCUT2D eigenvalue weighted by Gasteiger charge is -2.27. The molecule has 0 unspecified atom stereocenters. The van der Waals surface area contributed by atoms with Crippen molar-refractivity contribution in [1.82, 2.24) is 10.2 Å². The first kappa shape index (κ1) is 16.8. The van der Waals surface area contributed by atoms with Gasteiger partial charge in [-0.25, -0.2) is 4.79 Å². The van der Waals surface area contributed by atoms with Crippen LogP contribution in [-0.2, 0) is 6.54 Å². The van der Waals surface area contributed by atoms with Crippen LogP contribution in [0, 0.1) is 0 Å². The minimum atomic E-state index is -0.256. The minimum absolute atomic E-state index is 0.256. The quantitative estimate of drug-likeness (QED) is 0.733. The second kappa shape index (κ2) is 7.32. The minimum Gasteiger partial charge on any atom is -0.497 e. The molecular weight excluding hydrogens is 328 g/mol. The number of benzene rings is 2. The third kappa shape index (κ3) is 3.23. The van der Waals surface area contributed by atoms with Crippen LogP contribution in [0.1, 0.15) is 5.56 Å². The fraction of sp³-hybridized carbons (Fsp3) is 0.286. The molecule has 134 valence electrons. The van der Waals surface area contributed by atoms with Crippen molar-refractivity contribution in [3.63, 3.8) is 0 Å². The average molecular weight is 350 g/mol. The van der Waals surface area contributed by atoms with E-state index in [0.717, 1.165) is 54.0 Å². The SMILES string of the molecule is COc1ccc(-c2c(CN3CCNCC3)c(=O)oc3ccccc23)cc1. The lowest BCUT2D eigenvalue weighted by Crippen LogP contribution is -2.43. The highest BCUT2D eigenvalue weighted by Crippen LogP contribution is 2.32. The zero-order chi connectivity index (χ0) is 17.9. The largest absolute Gasteiger partial charge is 0.497 e. The summed E-state index contributed by atoms with van der Waals surface area (Å²) in [5.41, 5.74) is 3.04. The van der Waals surface area contributed by atoms with E-state index in [-0.39, 0.29) is 5.63 Å². The molecular formula is C21H22N2O3. The molecule has 0 aliphatic carbocycles. The number of fused-ring (bicyclic) bond motifs is 1. The highest BCUT2D eigenvalue weighted by Gasteiger charge is 2.20. The molecule has 26 heavy (non-hydrogen) atoms. The van der Waals surface area contributed by atoms with Crippen LogP contribution in [0.2, 0.25) is 0 Å². The predicted molar refractivity (Wildman–Crippen MR) is 103 cm³/mol. The number of methoxy groups -OCH3 is 1. The molecule has 1 N–H and O–H groups in total. The molecule has 4 rings (SSSR count). The first-order chi connectivity index (χ1) is 12.8. The highest BCUT2D eigenvalue weighted by molar-refractivity contribution is 5.94. The van der Waals surface area contributed by atoms with Crippen LogP contribution in [0.4, 0.5) is 0 Å². The molecule has 5 heteroatoms. The molecule has 0 bridgehead atoms. The topological polar surface area (TPSA) is 54.7 Å². The van der Waals surface area contributed by atoms with Crippen LogP contribution in [-0.4, -0.2) is 38.2 Å². The van der Waals surface area contributed by atoms with Gasteiger partial charge in [-0.2, -0.15) is 0 Å². The molecule has 1 aliphatic heterocycles. The summed E-state index contributed by atoms with van der Waals surface area (Å²) in [6, 6.07) is 15.6. The molecule has 0 atom stereocenters. The number of hydrogen-bond donors (Lipinski definition) is 1. The lowest BCUT2D eigenvalue weighted by atomic mass is 9.96. The van der Waals surface area contributed by atoms with Gasteiger partial charge in [-0.3, -0.25) is 4.90 Å². The Hall–Kier alpha value is -2.63. The average Bonchev–Trinajstić information content (AvgIpc) is 2.69. The van der Waals surface area contributed by atoms with Crippen molar-refractivity contribution < 1.29 is 9.15 Å². The third-order valence-electron chi connectivity index (χ3n) is 4.88. The maximum absolute atomic E-state index is 12.8. The Morgan fingerprint density at radius 2 is 1.81 bits per heavy atom. The summed E-state index contributed by atoms with van der Waals surface area (Å²) in [6.45, 7) is 4.33. The Labute approximate surface area is 152 Å². The van der Waals surface area contributed by atoms with Crippen LogP contribution >= 0.6 is 0 Å². The molecule has 3 aromatic rings. The van der Waals surface area contributed by atoms with E-state index < -0.39 is 0 Å². The molecule has 1 fully saturated rings. The molecule has 0 radical (unpaired) electrons. The van der Waals surface area contributed by atoms with E-state index in [1.54, 1.807) is 7.11 Å². The molecule has 1 saturated heterocycles. The van der Waals surface area contributed by atoms with Crippen LogP contribution < -0.4 is 15.7 Å². The highest BCUT2D eigenvalue weighted by atomic mass is 16.5. The first-order valence-electron chi connectivity index (χ1n) is 8.88. The van der Waals surface area contributed by atoms with Gasteiger partial charge in [0.2, 0.25) is 0 Å². The van der Waals surface area contributed by atoms with Gasteiger partial charge in [0.05, 0.1) is 12.7 Å². The maximum Gasteiger partial charge on any atom is 0.341 e. The fourth-order valence-corrected chi connectivity index (χ4v) is 3.51. The molecule has 2 aromatic carbocycles. The summed E-state index contributed by atoms with van der Waals surface area (Å²) in [5.74, 6) is 0.796. The van der Waals surface area contributed by atoms with Crippen LogP contribution in [0.5, 0.6) is 5.75 Å². The smallest absolute Gasteiger partial charge is 0.341 e. The van der Waals surface area contributed by atoms with Gasteiger partial charge in [-0.15, -0.1) is 0 Å². The van der Waals surface area contributed by atoms with Gasteiger partial charge in [-0.1, -0.05) is 30.3 Å². The van der Waals surface area contributed by atoms with Gasteiger partial charge in [-0.05, 0) is 23.8 Å². The molecule has 0 amide bonds. The number of nitrogens with zero attached hydrogens (tertiary/aromatic N) is 1. The summed E-state index contributed by atoms with van der Waals surface area (Å²) in [6.07, 6.45) is 0. The van der Waals surface area contributed by atoms with Crippen molar-refractivity contribution in [2.45, 2.75) is 6.54 Å². The summed E-state index contributed by atoms with van der Waals surface area (Å²) in [7, 11) is 1.65. The summed E-state index contributed by atoms with van der Waals surface area (Å²) in [4.78, 5) is 15.1. The van der Waals surface area contributed by atoms with Gasteiger partial charge >= 0.3 is 5.63 Å².